The Kier molecular flexibility index (Phi) is 9.42. The molecule has 0 saturated heterocycles. The number of nitrogens with one attached hydrogen (secondary N) is 1. The van der Waals surface area contributed by atoms with E-state index in [0.29, 0.717) is 34.6 Å². The van der Waals surface area contributed by atoms with Crippen LogP contribution in [0.3, 0.4) is 0 Å². The number of ether oxygens (including phenoxy) is 2. The van der Waals surface area contributed by atoms with Gasteiger partial charge in [0.25, 0.3) is 0 Å². The number of carbonyl (C=O) groups excluding carboxylic acids is 1. The average Bonchev–Trinajstić information content (AvgIpc) is 2.67. The number of hydrogen-bond donors (Lipinski definition) is 1. The highest BCUT2D eigenvalue weighted by Gasteiger charge is 2.13. The van der Waals surface area contributed by atoms with E-state index in [2.05, 4.69) is 11.6 Å². The van der Waals surface area contributed by atoms with Crippen LogP contribution in [0.25, 0.3) is 0 Å². The smallest absolute Gasteiger partial charge is 0.209 e. The molecule has 0 bridgehead atoms. The van der Waals surface area contributed by atoms with Crippen LogP contribution in [0.2, 0.25) is 10.0 Å². The monoisotopic (exact) mass is 473 g/mol. The van der Waals surface area contributed by atoms with Gasteiger partial charge in [0, 0.05) is 6.42 Å². The number of halogens is 2. The maximum absolute atomic E-state index is 11.9. The van der Waals surface area contributed by atoms with Crippen molar-refractivity contribution >= 4 is 39.0 Å². The van der Waals surface area contributed by atoms with Crippen LogP contribution in [-0.4, -0.2) is 40.2 Å². The average molecular weight is 474 g/mol. The molecule has 0 aromatic heterocycles. The third kappa shape index (κ3) is 8.14. The zero-order chi connectivity index (χ0) is 22.1. The second kappa shape index (κ2) is 11.6. The summed E-state index contributed by atoms with van der Waals surface area (Å²) in [6, 6.07) is 10.9. The molecule has 30 heavy (non-hydrogen) atoms. The largest absolute Gasteiger partial charge is 0.490 e. The molecule has 0 aliphatic rings. The fraction of sp³-hybridized carbons (Fsp3) is 0.381. The van der Waals surface area contributed by atoms with Crippen LogP contribution in [-0.2, 0) is 21.2 Å². The van der Waals surface area contributed by atoms with Crippen molar-refractivity contribution in [1.29, 1.82) is 0 Å². The summed E-state index contributed by atoms with van der Waals surface area (Å²) in [5, 5.41) is 0.878. The third-order valence-corrected chi connectivity index (χ3v) is 5.32. The second-order valence-corrected chi connectivity index (χ2v) is 9.44. The molecular weight excluding hydrogens is 449 g/mol. The van der Waals surface area contributed by atoms with Gasteiger partial charge in [-0.2, -0.15) is 0 Å². The van der Waals surface area contributed by atoms with Crippen LogP contribution in [0.4, 0.5) is 0 Å². The highest BCUT2D eigenvalue weighted by atomic mass is 35.5. The molecule has 0 atom stereocenters. The molecule has 2 rings (SSSR count). The number of sulfonamides is 1. The molecule has 0 aliphatic heterocycles. The van der Waals surface area contributed by atoms with Gasteiger partial charge >= 0.3 is 0 Å². The first kappa shape index (κ1) is 24.5. The molecule has 1 N–H and O–H groups in total. The summed E-state index contributed by atoms with van der Waals surface area (Å²) in [6.45, 7) is 2.07. The van der Waals surface area contributed by atoms with Crippen molar-refractivity contribution in [3.05, 3.63) is 57.6 Å². The maximum Gasteiger partial charge on any atom is 0.209 e. The third-order valence-electron chi connectivity index (χ3n) is 4.09. The minimum atomic E-state index is -3.43. The van der Waals surface area contributed by atoms with E-state index in [0.717, 1.165) is 30.2 Å². The van der Waals surface area contributed by atoms with E-state index in [9.17, 15) is 13.2 Å². The van der Waals surface area contributed by atoms with Gasteiger partial charge in [-0.3, -0.25) is 4.79 Å². The SMILES string of the molecule is CCCCOc1c(Cl)cc(Cc2ccccc2OCC(=O)CNS(C)(=O)=O)cc1Cl. The molecule has 0 unspecified atom stereocenters. The highest BCUT2D eigenvalue weighted by molar-refractivity contribution is 7.88. The van der Waals surface area contributed by atoms with Crippen molar-refractivity contribution in [2.45, 2.75) is 26.2 Å². The van der Waals surface area contributed by atoms with E-state index in [4.69, 9.17) is 32.7 Å². The van der Waals surface area contributed by atoms with Crippen LogP contribution in [0.5, 0.6) is 11.5 Å². The van der Waals surface area contributed by atoms with Crippen LogP contribution >= 0.6 is 23.2 Å². The molecule has 2 aromatic rings. The summed E-state index contributed by atoms with van der Waals surface area (Å²) in [6.07, 6.45) is 3.40. The summed E-state index contributed by atoms with van der Waals surface area (Å²) >= 11 is 12.7. The van der Waals surface area contributed by atoms with Crippen LogP contribution in [0.15, 0.2) is 36.4 Å². The Morgan fingerprint density at radius 2 is 1.77 bits per heavy atom. The number of hydrogen-bond acceptors (Lipinski definition) is 5. The standard InChI is InChI=1S/C21H25Cl2NO5S/c1-3-4-9-28-21-18(22)11-15(12-19(21)23)10-16-7-5-6-8-20(16)29-14-17(25)13-24-30(2,26)27/h5-8,11-12,24H,3-4,9-10,13-14H2,1-2H3. The summed E-state index contributed by atoms with van der Waals surface area (Å²) < 4.78 is 35.6. The summed E-state index contributed by atoms with van der Waals surface area (Å²) in [5.74, 6) is 0.625. The molecule has 164 valence electrons. The topological polar surface area (TPSA) is 81.7 Å². The van der Waals surface area contributed by atoms with E-state index >= 15 is 0 Å². The van der Waals surface area contributed by atoms with Gasteiger partial charge in [0.05, 0.1) is 29.5 Å². The van der Waals surface area contributed by atoms with Crippen molar-refractivity contribution in [1.82, 2.24) is 4.72 Å². The minimum absolute atomic E-state index is 0.245. The quantitative estimate of drug-likeness (QED) is 0.465. The van der Waals surface area contributed by atoms with Crippen LogP contribution < -0.4 is 14.2 Å². The molecule has 0 heterocycles. The van der Waals surface area contributed by atoms with E-state index in [-0.39, 0.29) is 18.9 Å². The van der Waals surface area contributed by atoms with Crippen molar-refractivity contribution in [3.63, 3.8) is 0 Å². The van der Waals surface area contributed by atoms with Crippen molar-refractivity contribution < 1.29 is 22.7 Å². The van der Waals surface area contributed by atoms with Crippen molar-refractivity contribution in [2.24, 2.45) is 0 Å². The summed E-state index contributed by atoms with van der Waals surface area (Å²) in [7, 11) is -3.43. The lowest BCUT2D eigenvalue weighted by molar-refractivity contribution is -0.119. The molecule has 9 heteroatoms. The van der Waals surface area contributed by atoms with Gasteiger partial charge in [0.2, 0.25) is 10.0 Å². The summed E-state index contributed by atoms with van der Waals surface area (Å²) in [5.41, 5.74) is 1.71. The molecule has 0 saturated carbocycles. The Bertz CT molecular complexity index is 956. The van der Waals surface area contributed by atoms with E-state index < -0.39 is 10.0 Å². The summed E-state index contributed by atoms with van der Waals surface area (Å²) in [4.78, 5) is 11.9. The number of ketones is 1. The van der Waals surface area contributed by atoms with E-state index in [1.807, 2.05) is 12.1 Å². The lowest BCUT2D eigenvalue weighted by Crippen LogP contribution is -2.31. The predicted octanol–water partition coefficient (Wildman–Crippen LogP) is 4.26. The molecule has 0 amide bonds. The minimum Gasteiger partial charge on any atom is -0.490 e. The van der Waals surface area contributed by atoms with Gasteiger partial charge < -0.3 is 9.47 Å². The van der Waals surface area contributed by atoms with E-state index in [1.165, 1.54) is 0 Å². The first-order valence-corrected chi connectivity index (χ1v) is 12.1. The Morgan fingerprint density at radius 1 is 1.10 bits per heavy atom. The number of Topliss-reactive ketones (excluding diaryl/α,β-unsaturated/α-hetero) is 1. The molecule has 2 aromatic carbocycles. The maximum atomic E-state index is 11.9. The Labute approximate surface area is 187 Å². The predicted molar refractivity (Wildman–Crippen MR) is 119 cm³/mol. The van der Waals surface area contributed by atoms with E-state index in [1.54, 1.807) is 24.3 Å². The number of carbonyl (C=O) groups is 1. The lowest BCUT2D eigenvalue weighted by atomic mass is 10.0. The number of para-hydroxylation sites is 1. The van der Waals surface area contributed by atoms with Gasteiger partial charge in [0.1, 0.15) is 12.4 Å². The zero-order valence-corrected chi connectivity index (χ0v) is 19.2. The zero-order valence-electron chi connectivity index (χ0n) is 16.9. The highest BCUT2D eigenvalue weighted by Crippen LogP contribution is 2.35. The van der Waals surface area contributed by atoms with Crippen LogP contribution in [0, 0.1) is 0 Å². The molecule has 0 aliphatic carbocycles. The van der Waals surface area contributed by atoms with Crippen LogP contribution in [0.1, 0.15) is 30.9 Å². The molecular formula is C21H25Cl2NO5S. The van der Waals surface area contributed by atoms with Crippen molar-refractivity contribution in [3.8, 4) is 11.5 Å². The fourth-order valence-corrected chi connectivity index (χ4v) is 3.67. The van der Waals surface area contributed by atoms with Gasteiger partial charge in [-0.1, -0.05) is 54.7 Å². The molecule has 0 fully saturated rings. The lowest BCUT2D eigenvalue weighted by Gasteiger charge is -2.14. The van der Waals surface area contributed by atoms with Gasteiger partial charge in [-0.05, 0) is 35.7 Å². The number of rotatable bonds is 12. The van der Waals surface area contributed by atoms with Gasteiger partial charge in [-0.25, -0.2) is 13.1 Å². The fourth-order valence-electron chi connectivity index (χ4n) is 2.60. The number of unbranched alkanes of at least 4 members (excludes halogenated alkanes) is 1. The normalized spacial score (nSPS) is 11.3. The number of benzene rings is 2. The molecule has 0 radical (unpaired) electrons. The van der Waals surface area contributed by atoms with Gasteiger partial charge in [0.15, 0.2) is 11.5 Å². The first-order chi connectivity index (χ1) is 14.2. The molecule has 0 spiro atoms. The first-order valence-electron chi connectivity index (χ1n) is 9.47. The Hall–Kier alpha value is -1.80. The van der Waals surface area contributed by atoms with Crippen molar-refractivity contribution in [2.75, 3.05) is 26.0 Å². The van der Waals surface area contributed by atoms with Gasteiger partial charge in [-0.15, -0.1) is 0 Å². The second-order valence-electron chi connectivity index (χ2n) is 6.80. The Balaban J connectivity index is 2.06. The molecule has 6 nitrogen and oxygen atoms in total. The Morgan fingerprint density at radius 3 is 2.40 bits per heavy atom.